The number of methoxy groups -OCH3 is 1. The summed E-state index contributed by atoms with van der Waals surface area (Å²) in [7, 11) is -2.49. The van der Waals surface area contributed by atoms with E-state index in [2.05, 4.69) is 11.3 Å². The van der Waals surface area contributed by atoms with Gasteiger partial charge in [0.25, 0.3) is 10.0 Å². The van der Waals surface area contributed by atoms with Crippen molar-refractivity contribution >= 4 is 21.8 Å². The maximum absolute atomic E-state index is 13.0. The summed E-state index contributed by atoms with van der Waals surface area (Å²) in [5.74, 6) is 0.146. The quantitative estimate of drug-likeness (QED) is 0.402. The number of aryl methyl sites for hydroxylation is 1. The van der Waals surface area contributed by atoms with E-state index < -0.39 is 16.1 Å². The lowest BCUT2D eigenvalue weighted by atomic mass is 9.98. The highest BCUT2D eigenvalue weighted by molar-refractivity contribution is 7.90. The van der Waals surface area contributed by atoms with Crippen molar-refractivity contribution in [3.8, 4) is 0 Å². The summed E-state index contributed by atoms with van der Waals surface area (Å²) >= 11 is 0. The van der Waals surface area contributed by atoms with Gasteiger partial charge in [-0.1, -0.05) is 38.0 Å². The van der Waals surface area contributed by atoms with Crippen molar-refractivity contribution in [1.82, 2.24) is 4.90 Å². The zero-order valence-electron chi connectivity index (χ0n) is 16.6. The summed E-state index contributed by atoms with van der Waals surface area (Å²) in [6.07, 6.45) is 3.97. The first kappa shape index (κ1) is 21.4. The van der Waals surface area contributed by atoms with Crippen LogP contribution in [0.15, 0.2) is 33.6 Å². The lowest BCUT2D eigenvalue weighted by Crippen LogP contribution is -2.44. The van der Waals surface area contributed by atoms with Gasteiger partial charge in [-0.05, 0) is 44.7 Å². The van der Waals surface area contributed by atoms with Crippen LogP contribution in [-0.4, -0.2) is 44.8 Å². The van der Waals surface area contributed by atoms with Crippen LogP contribution in [0.1, 0.15) is 51.5 Å². The number of hydrogen-bond donors (Lipinski definition) is 0. The molecule has 0 N–H and O–H groups in total. The number of benzene rings is 1. The van der Waals surface area contributed by atoms with E-state index in [0.29, 0.717) is 18.8 Å². The van der Waals surface area contributed by atoms with E-state index in [0.717, 1.165) is 31.2 Å². The Balaban J connectivity index is 2.50. The molecule has 1 saturated heterocycles. The van der Waals surface area contributed by atoms with Gasteiger partial charge in [0.05, 0.1) is 12.0 Å². The van der Waals surface area contributed by atoms with Crippen LogP contribution in [0.3, 0.4) is 0 Å². The van der Waals surface area contributed by atoms with Crippen LogP contribution in [-0.2, 0) is 19.6 Å². The zero-order valence-corrected chi connectivity index (χ0v) is 17.5. The van der Waals surface area contributed by atoms with Gasteiger partial charge in [0.15, 0.2) is 0 Å². The van der Waals surface area contributed by atoms with Gasteiger partial charge in [0.2, 0.25) is 0 Å². The maximum Gasteiger partial charge on any atom is 0.328 e. The number of likely N-dealkylation sites (tertiary alicyclic amines) is 1. The first-order valence-corrected chi connectivity index (χ1v) is 11.0. The van der Waals surface area contributed by atoms with E-state index >= 15 is 0 Å². The fourth-order valence-electron chi connectivity index (χ4n) is 3.53. The Morgan fingerprint density at radius 2 is 1.96 bits per heavy atom. The maximum atomic E-state index is 13.0. The van der Waals surface area contributed by atoms with Gasteiger partial charge >= 0.3 is 5.97 Å². The van der Waals surface area contributed by atoms with Gasteiger partial charge in [-0.25, -0.2) is 4.79 Å². The fraction of sp³-hybridized carbons (Fsp3) is 0.600. The summed E-state index contributed by atoms with van der Waals surface area (Å²) in [6, 6.07) is 6.22. The summed E-state index contributed by atoms with van der Waals surface area (Å²) in [5.41, 5.74) is 0.987. The summed E-state index contributed by atoms with van der Waals surface area (Å²) in [5, 5.41) is 0. The Morgan fingerprint density at radius 1 is 1.30 bits per heavy atom. The van der Waals surface area contributed by atoms with Crippen LogP contribution in [0.2, 0.25) is 0 Å². The predicted molar refractivity (Wildman–Crippen MR) is 106 cm³/mol. The SMILES string of the molecule is CCC[C@H](CC)/C(=N\S(=O)(=O)c1ccc(C)cc1)N1CCC[C@@H]1C(=O)OC. The first-order valence-electron chi connectivity index (χ1n) is 9.60. The molecule has 2 rings (SSSR count). The number of sulfonamides is 1. The molecule has 0 unspecified atom stereocenters. The lowest BCUT2D eigenvalue weighted by Gasteiger charge is -2.30. The molecule has 1 aromatic carbocycles. The molecule has 0 aromatic heterocycles. The molecule has 0 bridgehead atoms. The molecular formula is C20H30N2O4S. The number of carbonyl (C=O) groups excluding carboxylic acids is 1. The second-order valence-electron chi connectivity index (χ2n) is 7.01. The van der Waals surface area contributed by atoms with E-state index in [1.54, 1.807) is 24.3 Å². The fourth-order valence-corrected chi connectivity index (χ4v) is 4.62. The summed E-state index contributed by atoms with van der Waals surface area (Å²) in [4.78, 5) is 14.2. The van der Waals surface area contributed by atoms with Crippen molar-refractivity contribution in [3.05, 3.63) is 29.8 Å². The van der Waals surface area contributed by atoms with E-state index in [9.17, 15) is 13.2 Å². The van der Waals surface area contributed by atoms with Crippen molar-refractivity contribution in [3.63, 3.8) is 0 Å². The largest absolute Gasteiger partial charge is 0.467 e. The highest BCUT2D eigenvalue weighted by atomic mass is 32.2. The van der Waals surface area contributed by atoms with Crippen molar-refractivity contribution in [2.45, 2.75) is 63.8 Å². The van der Waals surface area contributed by atoms with Crippen LogP contribution in [0, 0.1) is 12.8 Å². The molecule has 2 atom stereocenters. The number of amidine groups is 1. The lowest BCUT2D eigenvalue weighted by molar-refractivity contribution is -0.144. The number of esters is 1. The van der Waals surface area contributed by atoms with Crippen LogP contribution in [0.5, 0.6) is 0 Å². The zero-order chi connectivity index (χ0) is 20.0. The van der Waals surface area contributed by atoms with Gasteiger partial charge in [0.1, 0.15) is 11.9 Å². The van der Waals surface area contributed by atoms with E-state index in [1.165, 1.54) is 7.11 Å². The average molecular weight is 395 g/mol. The van der Waals surface area contributed by atoms with Gasteiger partial charge in [-0.15, -0.1) is 4.40 Å². The molecule has 1 aliphatic rings. The molecule has 27 heavy (non-hydrogen) atoms. The molecule has 0 aliphatic carbocycles. The van der Waals surface area contributed by atoms with E-state index in [4.69, 9.17) is 4.74 Å². The molecule has 1 fully saturated rings. The van der Waals surface area contributed by atoms with Gasteiger partial charge in [-0.3, -0.25) is 0 Å². The molecule has 1 aromatic rings. The van der Waals surface area contributed by atoms with Crippen LogP contribution < -0.4 is 0 Å². The highest BCUT2D eigenvalue weighted by Gasteiger charge is 2.37. The smallest absolute Gasteiger partial charge is 0.328 e. The number of rotatable bonds is 7. The molecule has 7 heteroatoms. The molecule has 6 nitrogen and oxygen atoms in total. The van der Waals surface area contributed by atoms with Gasteiger partial charge in [0, 0.05) is 12.5 Å². The van der Waals surface area contributed by atoms with Gasteiger partial charge < -0.3 is 9.64 Å². The monoisotopic (exact) mass is 394 g/mol. The van der Waals surface area contributed by atoms with E-state index in [1.807, 2.05) is 18.7 Å². The standard InChI is InChI=1S/C20H30N2O4S/c1-5-8-16(6-2)19(22-14-7-9-18(22)20(23)26-4)21-27(24,25)17-12-10-15(3)11-13-17/h10-13,16,18H,5-9,14H2,1-4H3/b21-19+/t16-,18+/m0/s1. The van der Waals surface area contributed by atoms with Crippen LogP contribution >= 0.6 is 0 Å². The third kappa shape index (κ3) is 5.09. The molecule has 0 amide bonds. The minimum atomic E-state index is -3.85. The molecule has 1 heterocycles. The van der Waals surface area contributed by atoms with Gasteiger partial charge in [-0.2, -0.15) is 8.42 Å². The summed E-state index contributed by atoms with van der Waals surface area (Å²) in [6.45, 7) is 6.61. The number of ether oxygens (including phenoxy) is 1. The van der Waals surface area contributed by atoms with Crippen LogP contribution in [0.25, 0.3) is 0 Å². The number of hydrogen-bond acceptors (Lipinski definition) is 4. The third-order valence-corrected chi connectivity index (χ3v) is 6.34. The van der Waals surface area contributed by atoms with E-state index in [-0.39, 0.29) is 16.8 Å². The van der Waals surface area contributed by atoms with Crippen molar-refractivity contribution in [2.24, 2.45) is 10.3 Å². The Kier molecular flexibility index (Phi) is 7.41. The topological polar surface area (TPSA) is 76.0 Å². The molecule has 1 aliphatic heterocycles. The second kappa shape index (κ2) is 9.35. The molecule has 0 saturated carbocycles. The average Bonchev–Trinajstić information content (AvgIpc) is 3.13. The van der Waals surface area contributed by atoms with Crippen molar-refractivity contribution in [1.29, 1.82) is 0 Å². The minimum absolute atomic E-state index is 0.0134. The number of nitrogens with zero attached hydrogens (tertiary/aromatic N) is 2. The summed E-state index contributed by atoms with van der Waals surface area (Å²) < 4.78 is 35.1. The molecular weight excluding hydrogens is 364 g/mol. The molecule has 0 spiro atoms. The molecule has 0 radical (unpaired) electrons. The normalized spacial score (nSPS) is 19.2. The van der Waals surface area contributed by atoms with Crippen molar-refractivity contribution in [2.75, 3.05) is 13.7 Å². The predicted octanol–water partition coefficient (Wildman–Crippen LogP) is 3.55. The second-order valence-corrected chi connectivity index (χ2v) is 8.61. The Morgan fingerprint density at radius 3 is 2.52 bits per heavy atom. The third-order valence-electron chi connectivity index (χ3n) is 5.05. The van der Waals surface area contributed by atoms with Crippen LogP contribution in [0.4, 0.5) is 0 Å². The first-order chi connectivity index (χ1) is 12.8. The minimum Gasteiger partial charge on any atom is -0.467 e. The Hall–Kier alpha value is -1.89. The highest BCUT2D eigenvalue weighted by Crippen LogP contribution is 2.27. The number of carbonyl (C=O) groups is 1. The van der Waals surface area contributed by atoms with Crippen molar-refractivity contribution < 1.29 is 17.9 Å². The Bertz CT molecular complexity index is 772. The molecule has 150 valence electrons. The Labute approximate surface area is 162 Å².